The number of hydrogen-bond donors (Lipinski definition) is 1. The van der Waals surface area contributed by atoms with Crippen molar-refractivity contribution in [1.29, 1.82) is 0 Å². The standard InChI is InChI=1S/C18H18BrN3/c1-12(2)22-17-10-14(8-9-16(17)21-18(22)20)15(11-19)13-6-4-3-5-7-13/h3-12H,1-2H3,(H2,20,21). The van der Waals surface area contributed by atoms with Crippen LogP contribution in [0.5, 0.6) is 0 Å². The van der Waals surface area contributed by atoms with Gasteiger partial charge in [-0.15, -0.1) is 0 Å². The van der Waals surface area contributed by atoms with Gasteiger partial charge in [0.15, 0.2) is 0 Å². The first-order chi connectivity index (χ1) is 10.6. The second-order valence-electron chi connectivity index (χ2n) is 5.53. The maximum absolute atomic E-state index is 6.05. The third kappa shape index (κ3) is 2.55. The molecule has 112 valence electrons. The maximum atomic E-state index is 6.05. The number of aromatic nitrogens is 2. The molecule has 2 aromatic carbocycles. The minimum Gasteiger partial charge on any atom is -0.369 e. The van der Waals surface area contributed by atoms with Crippen LogP contribution in [0, 0.1) is 0 Å². The molecule has 0 aliphatic rings. The molecule has 0 aliphatic carbocycles. The first kappa shape index (κ1) is 14.9. The fraction of sp³-hybridized carbons (Fsp3) is 0.167. The van der Waals surface area contributed by atoms with E-state index in [9.17, 15) is 0 Å². The van der Waals surface area contributed by atoms with E-state index in [2.05, 4.69) is 63.6 Å². The summed E-state index contributed by atoms with van der Waals surface area (Å²) in [5.74, 6) is 0.561. The Morgan fingerprint density at radius 3 is 2.50 bits per heavy atom. The monoisotopic (exact) mass is 355 g/mol. The van der Waals surface area contributed by atoms with E-state index < -0.39 is 0 Å². The summed E-state index contributed by atoms with van der Waals surface area (Å²) in [4.78, 5) is 6.40. The van der Waals surface area contributed by atoms with E-state index in [0.717, 1.165) is 22.2 Å². The molecule has 0 atom stereocenters. The average molecular weight is 356 g/mol. The topological polar surface area (TPSA) is 43.8 Å². The highest BCUT2D eigenvalue weighted by Crippen LogP contribution is 2.29. The van der Waals surface area contributed by atoms with Gasteiger partial charge in [0.1, 0.15) is 0 Å². The Morgan fingerprint density at radius 1 is 1.14 bits per heavy atom. The highest BCUT2D eigenvalue weighted by atomic mass is 79.9. The number of nitrogen functional groups attached to an aromatic ring is 1. The number of anilines is 1. The molecule has 0 bridgehead atoms. The summed E-state index contributed by atoms with van der Waals surface area (Å²) in [5.41, 5.74) is 11.5. The Morgan fingerprint density at radius 2 is 1.86 bits per heavy atom. The van der Waals surface area contributed by atoms with Crippen LogP contribution >= 0.6 is 15.9 Å². The van der Waals surface area contributed by atoms with E-state index in [4.69, 9.17) is 5.73 Å². The van der Waals surface area contributed by atoms with Crippen LogP contribution in [-0.4, -0.2) is 9.55 Å². The summed E-state index contributed by atoms with van der Waals surface area (Å²) in [7, 11) is 0. The van der Waals surface area contributed by atoms with Crippen LogP contribution in [-0.2, 0) is 0 Å². The van der Waals surface area contributed by atoms with E-state index in [1.165, 1.54) is 5.56 Å². The van der Waals surface area contributed by atoms with Gasteiger partial charge in [0.05, 0.1) is 11.0 Å². The predicted octanol–water partition coefficient (Wildman–Crippen LogP) is 4.98. The van der Waals surface area contributed by atoms with Crippen LogP contribution in [0.1, 0.15) is 31.0 Å². The van der Waals surface area contributed by atoms with Crippen LogP contribution in [0.2, 0.25) is 0 Å². The molecule has 3 aromatic rings. The minimum absolute atomic E-state index is 0.272. The molecular formula is C18H18BrN3. The molecule has 0 amide bonds. The molecule has 3 rings (SSSR count). The van der Waals surface area contributed by atoms with Gasteiger partial charge >= 0.3 is 0 Å². The second-order valence-corrected chi connectivity index (χ2v) is 5.98. The number of imidazole rings is 1. The van der Waals surface area contributed by atoms with Gasteiger partial charge < -0.3 is 10.3 Å². The van der Waals surface area contributed by atoms with Crippen molar-refractivity contribution < 1.29 is 0 Å². The molecule has 0 fully saturated rings. The zero-order valence-electron chi connectivity index (χ0n) is 12.6. The van der Waals surface area contributed by atoms with Crippen LogP contribution in [0.4, 0.5) is 5.95 Å². The highest BCUT2D eigenvalue weighted by molar-refractivity contribution is 9.11. The van der Waals surface area contributed by atoms with Crippen molar-refractivity contribution in [3.63, 3.8) is 0 Å². The Labute approximate surface area is 138 Å². The van der Waals surface area contributed by atoms with E-state index in [1.54, 1.807) is 0 Å². The Hall–Kier alpha value is -2.07. The van der Waals surface area contributed by atoms with Gasteiger partial charge in [-0.1, -0.05) is 52.3 Å². The number of nitrogens with two attached hydrogens (primary N) is 1. The summed E-state index contributed by atoms with van der Waals surface area (Å²) in [5, 5.41) is 0. The number of halogens is 1. The summed E-state index contributed by atoms with van der Waals surface area (Å²) in [6.07, 6.45) is 0. The van der Waals surface area contributed by atoms with Gasteiger partial charge in [-0.3, -0.25) is 0 Å². The fourth-order valence-electron chi connectivity index (χ4n) is 2.73. The van der Waals surface area contributed by atoms with Gasteiger partial charge in [0.2, 0.25) is 5.95 Å². The largest absolute Gasteiger partial charge is 0.369 e. The summed E-state index contributed by atoms with van der Waals surface area (Å²) >= 11 is 3.50. The lowest BCUT2D eigenvalue weighted by Gasteiger charge is -2.12. The van der Waals surface area contributed by atoms with E-state index >= 15 is 0 Å². The molecule has 0 aliphatic heterocycles. The van der Waals surface area contributed by atoms with Crippen molar-refractivity contribution in [2.45, 2.75) is 19.9 Å². The number of rotatable bonds is 3. The molecule has 22 heavy (non-hydrogen) atoms. The smallest absolute Gasteiger partial charge is 0.201 e. The first-order valence-corrected chi connectivity index (χ1v) is 8.17. The molecule has 0 radical (unpaired) electrons. The zero-order valence-corrected chi connectivity index (χ0v) is 14.2. The van der Waals surface area contributed by atoms with Crippen molar-refractivity contribution in [3.05, 3.63) is 64.6 Å². The second kappa shape index (κ2) is 5.97. The number of benzene rings is 2. The normalized spacial score (nSPS) is 12.3. The van der Waals surface area contributed by atoms with Gasteiger partial charge in [-0.25, -0.2) is 4.98 Å². The summed E-state index contributed by atoms with van der Waals surface area (Å²) in [6, 6.07) is 16.8. The SMILES string of the molecule is CC(C)n1c(N)nc2ccc(C(=CBr)c3ccccc3)cc21. The quantitative estimate of drug-likeness (QED) is 0.719. The number of nitrogens with zero attached hydrogens (tertiary/aromatic N) is 2. The molecule has 1 aromatic heterocycles. The summed E-state index contributed by atoms with van der Waals surface area (Å²) in [6.45, 7) is 4.23. The Kier molecular flexibility index (Phi) is 4.03. The van der Waals surface area contributed by atoms with Crippen molar-refractivity contribution in [2.75, 3.05) is 5.73 Å². The Balaban J connectivity index is 2.18. The van der Waals surface area contributed by atoms with Crippen molar-refractivity contribution in [3.8, 4) is 0 Å². The van der Waals surface area contributed by atoms with Crippen LogP contribution < -0.4 is 5.73 Å². The highest BCUT2D eigenvalue weighted by Gasteiger charge is 2.13. The molecule has 3 nitrogen and oxygen atoms in total. The molecule has 2 N–H and O–H groups in total. The van der Waals surface area contributed by atoms with Gasteiger partial charge in [0, 0.05) is 6.04 Å². The Bertz CT molecular complexity index is 832. The average Bonchev–Trinajstić information content (AvgIpc) is 2.84. The first-order valence-electron chi connectivity index (χ1n) is 7.25. The van der Waals surface area contributed by atoms with Crippen molar-refractivity contribution in [1.82, 2.24) is 9.55 Å². The fourth-order valence-corrected chi connectivity index (χ4v) is 3.26. The van der Waals surface area contributed by atoms with Crippen molar-refractivity contribution >= 4 is 38.5 Å². The van der Waals surface area contributed by atoms with E-state index in [-0.39, 0.29) is 6.04 Å². The molecule has 0 saturated heterocycles. The minimum atomic E-state index is 0.272. The molecule has 4 heteroatoms. The lowest BCUT2D eigenvalue weighted by Crippen LogP contribution is -2.05. The van der Waals surface area contributed by atoms with Crippen molar-refractivity contribution in [2.24, 2.45) is 0 Å². The third-order valence-corrected chi connectivity index (χ3v) is 4.20. The lowest BCUT2D eigenvalue weighted by molar-refractivity contribution is 0.627. The number of fused-ring (bicyclic) bond motifs is 1. The summed E-state index contributed by atoms with van der Waals surface area (Å²) < 4.78 is 2.07. The molecule has 0 spiro atoms. The van der Waals surface area contributed by atoms with Crippen LogP contribution in [0.3, 0.4) is 0 Å². The molecule has 0 unspecified atom stereocenters. The van der Waals surface area contributed by atoms with Gasteiger partial charge in [0.25, 0.3) is 0 Å². The lowest BCUT2D eigenvalue weighted by atomic mass is 9.99. The van der Waals surface area contributed by atoms with Crippen LogP contribution in [0.25, 0.3) is 16.6 Å². The molecule has 1 heterocycles. The van der Waals surface area contributed by atoms with E-state index in [0.29, 0.717) is 5.95 Å². The number of hydrogen-bond acceptors (Lipinski definition) is 2. The zero-order chi connectivity index (χ0) is 15.7. The van der Waals surface area contributed by atoms with E-state index in [1.807, 2.05) is 29.3 Å². The molecular weight excluding hydrogens is 338 g/mol. The molecule has 0 saturated carbocycles. The van der Waals surface area contributed by atoms with Gasteiger partial charge in [-0.2, -0.15) is 0 Å². The predicted molar refractivity (Wildman–Crippen MR) is 97.0 cm³/mol. The third-order valence-electron chi connectivity index (χ3n) is 3.74. The maximum Gasteiger partial charge on any atom is 0.201 e. The van der Waals surface area contributed by atoms with Crippen LogP contribution in [0.15, 0.2) is 53.5 Å². The van der Waals surface area contributed by atoms with Gasteiger partial charge in [-0.05, 0) is 47.7 Å².